The monoisotopic (exact) mass is 374 g/mol. The normalized spacial score (nSPS) is 25.1. The predicted molar refractivity (Wildman–Crippen MR) is 108 cm³/mol. The average molecular weight is 375 g/mol. The Morgan fingerprint density at radius 3 is 2.93 bits per heavy atom. The Balaban J connectivity index is 1.53. The first-order valence-electron chi connectivity index (χ1n) is 10.4. The zero-order valence-electron chi connectivity index (χ0n) is 17.0. The van der Waals surface area contributed by atoms with Gasteiger partial charge in [-0.15, -0.1) is 0 Å². The third-order valence-corrected chi connectivity index (χ3v) is 6.12. The number of aliphatic imine (C=N–C) groups is 1. The number of likely N-dealkylation sites (tertiary alicyclic amines) is 2. The largest absolute Gasteiger partial charge is 0.356 e. The molecule has 7 heteroatoms. The molecule has 0 bridgehead atoms. The fourth-order valence-corrected chi connectivity index (χ4v) is 4.41. The van der Waals surface area contributed by atoms with Crippen molar-refractivity contribution in [1.82, 2.24) is 24.7 Å². The van der Waals surface area contributed by atoms with E-state index in [1.165, 1.54) is 0 Å². The second-order valence-corrected chi connectivity index (χ2v) is 7.80. The van der Waals surface area contributed by atoms with Crippen LogP contribution in [0.2, 0.25) is 0 Å². The Morgan fingerprint density at radius 1 is 1.44 bits per heavy atom. The van der Waals surface area contributed by atoms with Gasteiger partial charge in [0.15, 0.2) is 5.96 Å². The van der Waals surface area contributed by atoms with Crippen molar-refractivity contribution >= 4 is 11.9 Å². The standard InChI is InChI=1S/C20H34N6O/c1-4-17(26-11-5-6-19(26)27)7-9-23-20(21-3)24-12-8-16(2)18(14-24)25-13-10-22-15-25/h10,13,15-18H,4-9,11-12,14H2,1-3H3,(H,21,23). The predicted octanol–water partition coefficient (Wildman–Crippen LogP) is 2.13. The molecule has 1 aromatic rings. The van der Waals surface area contributed by atoms with Crippen LogP contribution in [0.15, 0.2) is 23.7 Å². The van der Waals surface area contributed by atoms with Gasteiger partial charge in [-0.3, -0.25) is 9.79 Å². The van der Waals surface area contributed by atoms with E-state index in [9.17, 15) is 4.79 Å². The van der Waals surface area contributed by atoms with Crippen LogP contribution in [0.1, 0.15) is 52.0 Å². The van der Waals surface area contributed by atoms with Crippen LogP contribution in [-0.4, -0.2) is 70.5 Å². The second kappa shape index (κ2) is 9.24. The van der Waals surface area contributed by atoms with Crippen molar-refractivity contribution in [2.24, 2.45) is 10.9 Å². The molecule has 3 rings (SSSR count). The minimum absolute atomic E-state index is 0.319. The van der Waals surface area contributed by atoms with E-state index in [4.69, 9.17) is 0 Å². The van der Waals surface area contributed by atoms with Crippen molar-refractivity contribution in [1.29, 1.82) is 0 Å². The smallest absolute Gasteiger partial charge is 0.222 e. The number of nitrogens with zero attached hydrogens (tertiary/aromatic N) is 5. The molecular weight excluding hydrogens is 340 g/mol. The topological polar surface area (TPSA) is 65.8 Å². The van der Waals surface area contributed by atoms with Crippen LogP contribution in [0.3, 0.4) is 0 Å². The zero-order valence-corrected chi connectivity index (χ0v) is 17.0. The van der Waals surface area contributed by atoms with Gasteiger partial charge < -0.3 is 19.7 Å². The fraction of sp³-hybridized carbons (Fsp3) is 0.750. The van der Waals surface area contributed by atoms with Gasteiger partial charge in [-0.05, 0) is 31.6 Å². The number of aromatic nitrogens is 2. The van der Waals surface area contributed by atoms with Gasteiger partial charge in [0.05, 0.1) is 12.4 Å². The maximum Gasteiger partial charge on any atom is 0.222 e. The number of carbonyl (C=O) groups excluding carboxylic acids is 1. The highest BCUT2D eigenvalue weighted by molar-refractivity contribution is 5.80. The Bertz CT molecular complexity index is 628. The summed E-state index contributed by atoms with van der Waals surface area (Å²) >= 11 is 0. The summed E-state index contributed by atoms with van der Waals surface area (Å²) in [4.78, 5) is 25.2. The van der Waals surface area contributed by atoms with Crippen molar-refractivity contribution in [2.45, 2.75) is 58.0 Å². The van der Waals surface area contributed by atoms with Gasteiger partial charge in [-0.2, -0.15) is 0 Å². The molecule has 1 N–H and O–H groups in total. The lowest BCUT2D eigenvalue weighted by atomic mass is 9.93. The van der Waals surface area contributed by atoms with E-state index < -0.39 is 0 Å². The summed E-state index contributed by atoms with van der Waals surface area (Å²) in [5.74, 6) is 1.91. The van der Waals surface area contributed by atoms with E-state index in [0.717, 1.165) is 57.8 Å². The van der Waals surface area contributed by atoms with Gasteiger partial charge >= 0.3 is 0 Å². The van der Waals surface area contributed by atoms with Crippen LogP contribution in [0.4, 0.5) is 0 Å². The highest BCUT2D eigenvalue weighted by atomic mass is 16.2. The molecule has 27 heavy (non-hydrogen) atoms. The number of piperidine rings is 1. The third kappa shape index (κ3) is 4.62. The number of carbonyl (C=O) groups is 1. The number of hydrogen-bond donors (Lipinski definition) is 1. The van der Waals surface area contributed by atoms with Crippen LogP contribution in [0, 0.1) is 5.92 Å². The molecule has 150 valence electrons. The molecule has 0 spiro atoms. The molecule has 0 aliphatic carbocycles. The van der Waals surface area contributed by atoms with E-state index in [2.05, 4.69) is 49.7 Å². The summed E-state index contributed by atoms with van der Waals surface area (Å²) in [6.45, 7) is 8.22. The highest BCUT2D eigenvalue weighted by Gasteiger charge is 2.29. The summed E-state index contributed by atoms with van der Waals surface area (Å²) < 4.78 is 2.22. The number of guanidine groups is 1. The molecule has 1 aromatic heterocycles. The first-order valence-corrected chi connectivity index (χ1v) is 10.4. The van der Waals surface area contributed by atoms with Crippen molar-refractivity contribution < 1.29 is 4.79 Å². The molecule has 3 atom stereocenters. The highest BCUT2D eigenvalue weighted by Crippen LogP contribution is 2.27. The minimum atomic E-state index is 0.319. The van der Waals surface area contributed by atoms with E-state index in [1.54, 1.807) is 0 Å². The molecule has 3 unspecified atom stereocenters. The lowest BCUT2D eigenvalue weighted by Gasteiger charge is -2.39. The van der Waals surface area contributed by atoms with Gasteiger partial charge in [-0.1, -0.05) is 13.8 Å². The molecular formula is C20H34N6O. The van der Waals surface area contributed by atoms with Crippen LogP contribution in [-0.2, 0) is 4.79 Å². The number of imidazole rings is 1. The lowest BCUT2D eigenvalue weighted by Crippen LogP contribution is -2.49. The van der Waals surface area contributed by atoms with Crippen LogP contribution < -0.4 is 5.32 Å². The molecule has 0 radical (unpaired) electrons. The number of hydrogen-bond acceptors (Lipinski definition) is 3. The fourth-order valence-electron chi connectivity index (χ4n) is 4.41. The molecule has 1 amide bonds. The summed E-state index contributed by atoms with van der Waals surface area (Å²) in [6.07, 6.45) is 10.7. The molecule has 3 heterocycles. The van der Waals surface area contributed by atoms with E-state index in [1.807, 2.05) is 19.6 Å². The molecule has 7 nitrogen and oxygen atoms in total. The number of rotatable bonds is 6. The van der Waals surface area contributed by atoms with E-state index in [-0.39, 0.29) is 0 Å². The molecule has 2 fully saturated rings. The third-order valence-electron chi connectivity index (χ3n) is 6.12. The quantitative estimate of drug-likeness (QED) is 0.612. The van der Waals surface area contributed by atoms with Crippen molar-refractivity contribution in [2.75, 3.05) is 33.2 Å². The van der Waals surface area contributed by atoms with Gasteiger partial charge in [0, 0.05) is 58.1 Å². The zero-order chi connectivity index (χ0) is 19.2. The van der Waals surface area contributed by atoms with Gasteiger partial charge in [0.1, 0.15) is 0 Å². The van der Waals surface area contributed by atoms with Crippen LogP contribution >= 0.6 is 0 Å². The summed E-state index contributed by atoms with van der Waals surface area (Å²) in [5, 5.41) is 3.54. The second-order valence-electron chi connectivity index (χ2n) is 7.80. The van der Waals surface area contributed by atoms with Gasteiger partial charge in [0.25, 0.3) is 0 Å². The number of amides is 1. The van der Waals surface area contributed by atoms with Crippen LogP contribution in [0.5, 0.6) is 0 Å². The Kier molecular flexibility index (Phi) is 6.74. The molecule has 0 saturated carbocycles. The SMILES string of the molecule is CCC(CCNC(=NC)N1CCC(C)C(n2ccnc2)C1)N1CCCC1=O. The average Bonchev–Trinajstić information content (AvgIpc) is 3.35. The maximum atomic E-state index is 12.0. The Morgan fingerprint density at radius 2 is 2.30 bits per heavy atom. The van der Waals surface area contributed by atoms with E-state index >= 15 is 0 Å². The maximum absolute atomic E-state index is 12.0. The molecule has 2 saturated heterocycles. The minimum Gasteiger partial charge on any atom is -0.356 e. The van der Waals surface area contributed by atoms with Crippen molar-refractivity contribution in [3.8, 4) is 0 Å². The van der Waals surface area contributed by atoms with Gasteiger partial charge in [-0.25, -0.2) is 4.98 Å². The van der Waals surface area contributed by atoms with Crippen molar-refractivity contribution in [3.63, 3.8) is 0 Å². The molecule has 0 aromatic carbocycles. The Labute approximate surface area is 162 Å². The van der Waals surface area contributed by atoms with E-state index in [0.29, 0.717) is 30.3 Å². The first kappa shape index (κ1) is 19.7. The summed E-state index contributed by atoms with van der Waals surface area (Å²) in [6, 6.07) is 0.760. The number of nitrogens with one attached hydrogen (secondary N) is 1. The first-order chi connectivity index (χ1) is 13.1. The summed E-state index contributed by atoms with van der Waals surface area (Å²) in [7, 11) is 1.86. The van der Waals surface area contributed by atoms with Crippen LogP contribution in [0.25, 0.3) is 0 Å². The van der Waals surface area contributed by atoms with Crippen molar-refractivity contribution in [3.05, 3.63) is 18.7 Å². The van der Waals surface area contributed by atoms with Gasteiger partial charge in [0.2, 0.25) is 5.91 Å². The molecule has 2 aliphatic rings. The molecule has 2 aliphatic heterocycles. The summed E-state index contributed by atoms with van der Waals surface area (Å²) in [5.41, 5.74) is 0. The Hall–Kier alpha value is -2.05. The lowest BCUT2D eigenvalue weighted by molar-refractivity contribution is -0.129.